The monoisotopic (exact) mass is 523 g/mol. The molecule has 0 bridgehead atoms. The first kappa shape index (κ1) is 28.8. The third-order valence-corrected chi connectivity index (χ3v) is 5.95. The number of likely N-dealkylation sites (N-methyl/N-ethyl adjacent to an activating group) is 1. The van der Waals surface area contributed by atoms with E-state index in [9.17, 15) is 19.2 Å². The number of nitrogens with one attached hydrogen (secondary N) is 2. The van der Waals surface area contributed by atoms with Crippen molar-refractivity contribution >= 4 is 30.9 Å². The summed E-state index contributed by atoms with van der Waals surface area (Å²) < 4.78 is 11.1. The Hall–Kier alpha value is -3.80. The topological polar surface area (TPSA) is 140 Å². The predicted octanol–water partition coefficient (Wildman–Crippen LogP) is 1.04. The first-order valence-corrected chi connectivity index (χ1v) is 12.6. The van der Waals surface area contributed by atoms with E-state index in [4.69, 9.17) is 9.31 Å². The minimum absolute atomic E-state index is 0.0232. The quantitative estimate of drug-likeness (QED) is 0.462. The molecule has 0 aliphatic carbocycles. The Bertz CT molecular complexity index is 1100. The fourth-order valence-corrected chi connectivity index (χ4v) is 4.15. The van der Waals surface area contributed by atoms with E-state index in [2.05, 4.69) is 20.6 Å². The molecule has 0 saturated carbocycles. The molecule has 1 aromatic heterocycles. The van der Waals surface area contributed by atoms with Crippen LogP contribution in [0.4, 0.5) is 0 Å². The van der Waals surface area contributed by atoms with Crippen molar-refractivity contribution in [1.82, 2.24) is 25.5 Å². The molecule has 3 atom stereocenters. The van der Waals surface area contributed by atoms with Crippen LogP contribution in [0.5, 0.6) is 0 Å². The summed E-state index contributed by atoms with van der Waals surface area (Å²) >= 11 is 0. The van der Waals surface area contributed by atoms with Crippen molar-refractivity contribution in [2.24, 2.45) is 11.8 Å². The molecule has 11 nitrogen and oxygen atoms in total. The second-order valence-corrected chi connectivity index (χ2v) is 9.94. The van der Waals surface area contributed by atoms with Crippen LogP contribution >= 0.6 is 0 Å². The average molecular weight is 523 g/mol. The normalized spacial score (nSPS) is 18.3. The summed E-state index contributed by atoms with van der Waals surface area (Å²) in [6.07, 6.45) is 4.69. The lowest BCUT2D eigenvalue weighted by molar-refractivity contribution is -0.142. The summed E-state index contributed by atoms with van der Waals surface area (Å²) in [5, 5.41) is 5.60. The Kier molecular flexibility index (Phi) is 10.3. The van der Waals surface area contributed by atoms with Crippen LogP contribution in [0.1, 0.15) is 43.2 Å². The lowest BCUT2D eigenvalue weighted by Gasteiger charge is -2.27. The van der Waals surface area contributed by atoms with Gasteiger partial charge in [0.15, 0.2) is 0 Å². The van der Waals surface area contributed by atoms with E-state index in [0.717, 1.165) is 5.56 Å². The van der Waals surface area contributed by atoms with Crippen LogP contribution in [0.3, 0.4) is 0 Å². The third-order valence-electron chi connectivity index (χ3n) is 5.95. The summed E-state index contributed by atoms with van der Waals surface area (Å²) in [5.41, 5.74) is 0.888. The lowest BCUT2D eigenvalue weighted by atomic mass is 9.73. The van der Waals surface area contributed by atoms with E-state index in [1.807, 2.05) is 44.2 Å². The molecule has 1 saturated heterocycles. The van der Waals surface area contributed by atoms with Gasteiger partial charge in [-0.15, -0.1) is 0 Å². The Morgan fingerprint density at radius 3 is 2.53 bits per heavy atom. The van der Waals surface area contributed by atoms with Gasteiger partial charge in [-0.25, -0.2) is 4.98 Å². The van der Waals surface area contributed by atoms with Gasteiger partial charge in [-0.2, -0.15) is 0 Å². The number of carbonyl (C=O) groups is 4. The molecule has 0 radical (unpaired) electrons. The summed E-state index contributed by atoms with van der Waals surface area (Å²) in [7, 11) is 0.399. The number of amides is 2. The number of hydrogen-bond donors (Lipinski definition) is 2. The average Bonchev–Trinajstić information content (AvgIpc) is 2.92. The van der Waals surface area contributed by atoms with E-state index in [1.54, 1.807) is 18.9 Å². The number of nitrogens with zero attached hydrogens (tertiary/aromatic N) is 3. The van der Waals surface area contributed by atoms with E-state index >= 15 is 0 Å². The van der Waals surface area contributed by atoms with Gasteiger partial charge in [-0.1, -0.05) is 51.1 Å². The second-order valence-electron chi connectivity index (χ2n) is 9.94. The molecule has 3 rings (SSSR count). The van der Waals surface area contributed by atoms with E-state index in [1.165, 1.54) is 18.6 Å². The molecule has 2 heterocycles. The Labute approximate surface area is 222 Å². The zero-order valence-electron chi connectivity index (χ0n) is 22.1. The summed E-state index contributed by atoms with van der Waals surface area (Å²) in [6, 6.07) is 8.23. The van der Waals surface area contributed by atoms with Crippen molar-refractivity contribution in [3.8, 4) is 0 Å². The van der Waals surface area contributed by atoms with Crippen LogP contribution in [-0.2, 0) is 30.1 Å². The highest BCUT2D eigenvalue weighted by Gasteiger charge is 2.42. The Morgan fingerprint density at radius 2 is 1.87 bits per heavy atom. The molecule has 2 N–H and O–H groups in total. The molecule has 0 unspecified atom stereocenters. The van der Waals surface area contributed by atoms with Gasteiger partial charge in [0.2, 0.25) is 5.91 Å². The number of aromatic nitrogens is 2. The third kappa shape index (κ3) is 8.65. The first-order chi connectivity index (χ1) is 18.1. The molecule has 2 amide bonds. The largest absolute Gasteiger partial charge is 0.622 e. The molecular weight excluding hydrogens is 489 g/mol. The van der Waals surface area contributed by atoms with Gasteiger partial charge in [0.1, 0.15) is 11.7 Å². The molecule has 1 fully saturated rings. The van der Waals surface area contributed by atoms with Crippen molar-refractivity contribution in [1.29, 1.82) is 0 Å². The van der Waals surface area contributed by atoms with Gasteiger partial charge in [0.05, 0.1) is 24.6 Å². The molecule has 202 valence electrons. The molecule has 0 spiro atoms. The molecular formula is C26H34BN5O6. The van der Waals surface area contributed by atoms with E-state index < -0.39 is 48.8 Å². The van der Waals surface area contributed by atoms with Gasteiger partial charge in [0.25, 0.3) is 11.9 Å². The van der Waals surface area contributed by atoms with Crippen molar-refractivity contribution in [3.63, 3.8) is 0 Å². The molecule has 1 aromatic carbocycles. The fourth-order valence-electron chi connectivity index (χ4n) is 4.15. The maximum Gasteiger partial charge on any atom is 0.622 e. The van der Waals surface area contributed by atoms with Gasteiger partial charge < -0.3 is 19.9 Å². The zero-order chi connectivity index (χ0) is 27.7. The summed E-state index contributed by atoms with van der Waals surface area (Å²) in [6.45, 7) is 5.89. The highest BCUT2D eigenvalue weighted by atomic mass is 16.6. The molecule has 1 aliphatic heterocycles. The predicted molar refractivity (Wildman–Crippen MR) is 139 cm³/mol. The van der Waals surface area contributed by atoms with Gasteiger partial charge >= 0.3 is 13.1 Å². The van der Waals surface area contributed by atoms with Crippen molar-refractivity contribution in [3.05, 3.63) is 60.2 Å². The maximum atomic E-state index is 13.6. The highest BCUT2D eigenvalue weighted by molar-refractivity contribution is 6.51. The number of hydrogen-bond acceptors (Lipinski definition) is 9. The van der Waals surface area contributed by atoms with Crippen LogP contribution in [0, 0.1) is 11.8 Å². The number of benzene rings is 1. The van der Waals surface area contributed by atoms with Crippen molar-refractivity contribution in [2.45, 2.75) is 45.6 Å². The molecule has 1 aliphatic rings. The summed E-state index contributed by atoms with van der Waals surface area (Å²) in [4.78, 5) is 61.3. The van der Waals surface area contributed by atoms with Crippen LogP contribution in [0.15, 0.2) is 48.9 Å². The molecule has 2 aromatic rings. The van der Waals surface area contributed by atoms with Crippen LogP contribution in [0.2, 0.25) is 0 Å². The minimum atomic E-state index is -1.32. The van der Waals surface area contributed by atoms with Gasteiger partial charge in [0, 0.05) is 25.4 Å². The maximum absolute atomic E-state index is 13.6. The molecule has 38 heavy (non-hydrogen) atoms. The van der Waals surface area contributed by atoms with Crippen molar-refractivity contribution in [2.75, 3.05) is 20.1 Å². The Morgan fingerprint density at radius 1 is 1.13 bits per heavy atom. The zero-order valence-corrected chi connectivity index (χ0v) is 22.1. The van der Waals surface area contributed by atoms with Gasteiger partial charge in [-0.05, 0) is 24.9 Å². The number of carbonyl (C=O) groups excluding carboxylic acids is 4. The SMILES string of the molecule is CC(C)C[C@H](NC(=O)[C@H](Cc1ccccc1)NC(=O)c1cnccn1)B1OC(=O)CN(C)C[C@@H](C)C(=O)O1. The van der Waals surface area contributed by atoms with Crippen LogP contribution in [0.25, 0.3) is 0 Å². The first-order valence-electron chi connectivity index (χ1n) is 12.6. The molecule has 12 heteroatoms. The van der Waals surface area contributed by atoms with Gasteiger partial charge in [-0.3, -0.25) is 29.1 Å². The smallest absolute Gasteiger partial charge is 0.498 e. The second kappa shape index (κ2) is 13.7. The lowest BCUT2D eigenvalue weighted by Crippen LogP contribution is -2.57. The standard InChI is InChI=1S/C26H34BN5O6/c1-17(2)12-22(27-37-23(33)16-32(4)15-18(3)26(36)38-27)31-24(34)20(13-19-8-6-5-7-9-19)30-25(35)21-14-28-10-11-29-21/h5-11,14,17-18,20,22H,12-13,15-16H2,1-4H3,(H,30,35)(H,31,34)/t18-,20+,22+/m1/s1. The van der Waals surface area contributed by atoms with Crippen LogP contribution < -0.4 is 10.6 Å². The van der Waals surface area contributed by atoms with Crippen LogP contribution in [-0.4, -0.2) is 77.9 Å². The summed E-state index contributed by atoms with van der Waals surface area (Å²) in [5.74, 6) is -3.45. The Balaban J connectivity index is 1.85. The van der Waals surface area contributed by atoms with E-state index in [-0.39, 0.29) is 24.6 Å². The van der Waals surface area contributed by atoms with E-state index in [0.29, 0.717) is 13.0 Å². The highest BCUT2D eigenvalue weighted by Crippen LogP contribution is 2.15. The van der Waals surface area contributed by atoms with Crippen molar-refractivity contribution < 1.29 is 28.5 Å². The number of rotatable bonds is 9. The minimum Gasteiger partial charge on any atom is -0.498 e. The fraction of sp³-hybridized carbons (Fsp3) is 0.462.